The van der Waals surface area contributed by atoms with Crippen LogP contribution in [-0.4, -0.2) is 17.0 Å². The van der Waals surface area contributed by atoms with Crippen molar-refractivity contribution in [3.63, 3.8) is 0 Å². The molecule has 0 bridgehead atoms. The molecule has 3 rings (SSSR count). The first-order valence-electron chi connectivity index (χ1n) is 7.81. The van der Waals surface area contributed by atoms with Crippen molar-refractivity contribution < 1.29 is 9.53 Å². The zero-order chi connectivity index (χ0) is 17.8. The summed E-state index contributed by atoms with van der Waals surface area (Å²) in [5.74, 6) is 0.410. The minimum absolute atomic E-state index is 0.00230. The van der Waals surface area contributed by atoms with E-state index in [0.717, 1.165) is 10.1 Å². The number of hydrogen-bond acceptors (Lipinski definition) is 4. The molecular formula is C18H17ClN2O3S. The van der Waals surface area contributed by atoms with Crippen molar-refractivity contribution in [1.82, 2.24) is 3.96 Å². The molecule has 1 aromatic heterocycles. The molecule has 0 aliphatic rings. The second-order valence-electron chi connectivity index (χ2n) is 5.49. The van der Waals surface area contributed by atoms with Crippen LogP contribution in [-0.2, 0) is 11.3 Å². The lowest BCUT2D eigenvalue weighted by molar-refractivity contribution is -0.116. The van der Waals surface area contributed by atoms with Gasteiger partial charge in [0.1, 0.15) is 5.75 Å². The molecule has 1 N–H and O–H groups in total. The summed E-state index contributed by atoms with van der Waals surface area (Å²) >= 11 is 7.38. The van der Waals surface area contributed by atoms with Crippen molar-refractivity contribution in [1.29, 1.82) is 0 Å². The molecule has 2 aromatic carbocycles. The van der Waals surface area contributed by atoms with Gasteiger partial charge in [-0.2, -0.15) is 0 Å². The number of nitrogens with zero attached hydrogens (tertiary/aromatic N) is 1. The Morgan fingerprint density at radius 1 is 1.28 bits per heavy atom. The molecule has 0 unspecified atom stereocenters. The van der Waals surface area contributed by atoms with Crippen LogP contribution < -0.4 is 15.6 Å². The monoisotopic (exact) mass is 376 g/mol. The Bertz CT molecular complexity index is 964. The van der Waals surface area contributed by atoms with Crippen molar-refractivity contribution in [2.75, 3.05) is 12.4 Å². The first-order chi connectivity index (χ1) is 12.1. The van der Waals surface area contributed by atoms with E-state index in [-0.39, 0.29) is 11.5 Å². The Hall–Kier alpha value is -2.31. The van der Waals surface area contributed by atoms with Crippen molar-refractivity contribution in [3.05, 3.63) is 57.8 Å². The van der Waals surface area contributed by atoms with Crippen LogP contribution in [0.3, 0.4) is 0 Å². The third kappa shape index (κ3) is 4.03. The largest absolute Gasteiger partial charge is 0.495 e. The molecule has 0 spiro atoms. The standard InChI is InChI=1S/C18H17ClN2O3S/c1-24-15-9-8-12(19)11-14(15)20-17(22)7-4-10-21-18(23)13-5-2-3-6-16(13)25-21/h2-3,5-6,8-9,11H,4,7,10H2,1H3,(H,20,22). The minimum Gasteiger partial charge on any atom is -0.495 e. The number of rotatable bonds is 6. The number of benzene rings is 2. The minimum atomic E-state index is -0.144. The number of carbonyl (C=O) groups excluding carboxylic acids is 1. The molecule has 3 aromatic rings. The summed E-state index contributed by atoms with van der Waals surface area (Å²) in [4.78, 5) is 24.4. The van der Waals surface area contributed by atoms with Crippen molar-refractivity contribution in [3.8, 4) is 5.75 Å². The lowest BCUT2D eigenvalue weighted by atomic mass is 10.2. The molecule has 25 heavy (non-hydrogen) atoms. The number of fused-ring (bicyclic) bond motifs is 1. The maximum Gasteiger partial charge on any atom is 0.268 e. The van der Waals surface area contributed by atoms with Gasteiger partial charge in [-0.3, -0.25) is 13.5 Å². The summed E-state index contributed by atoms with van der Waals surface area (Å²) in [5.41, 5.74) is 0.538. The van der Waals surface area contributed by atoms with Crippen LogP contribution in [0.15, 0.2) is 47.3 Å². The van der Waals surface area contributed by atoms with Crippen LogP contribution in [0.25, 0.3) is 10.1 Å². The van der Waals surface area contributed by atoms with Crippen LogP contribution in [0.1, 0.15) is 12.8 Å². The highest BCUT2D eigenvalue weighted by molar-refractivity contribution is 7.13. The Morgan fingerprint density at radius 3 is 2.84 bits per heavy atom. The molecule has 0 saturated carbocycles. The third-order valence-corrected chi connectivity index (χ3v) is 5.11. The summed E-state index contributed by atoms with van der Waals surface area (Å²) in [6.45, 7) is 0.512. The molecule has 0 aliphatic heterocycles. The van der Waals surface area contributed by atoms with Crippen LogP contribution >= 0.6 is 23.1 Å². The second kappa shape index (κ2) is 7.72. The van der Waals surface area contributed by atoms with Crippen molar-refractivity contribution >= 4 is 44.8 Å². The molecule has 130 valence electrons. The molecule has 0 saturated heterocycles. The fraction of sp³-hybridized carbons (Fsp3) is 0.222. The second-order valence-corrected chi connectivity index (χ2v) is 6.99. The van der Waals surface area contributed by atoms with E-state index < -0.39 is 0 Å². The molecular weight excluding hydrogens is 360 g/mol. The highest BCUT2D eigenvalue weighted by Crippen LogP contribution is 2.27. The first-order valence-corrected chi connectivity index (χ1v) is 8.96. The SMILES string of the molecule is COc1ccc(Cl)cc1NC(=O)CCCn1sc2ccccc2c1=O. The van der Waals surface area contributed by atoms with Gasteiger partial charge in [0.25, 0.3) is 5.56 Å². The van der Waals surface area contributed by atoms with E-state index in [2.05, 4.69) is 5.32 Å². The highest BCUT2D eigenvalue weighted by atomic mass is 35.5. The average molecular weight is 377 g/mol. The van der Waals surface area contributed by atoms with Crippen LogP contribution in [0.5, 0.6) is 5.75 Å². The number of anilines is 1. The van der Waals surface area contributed by atoms with Crippen molar-refractivity contribution in [2.45, 2.75) is 19.4 Å². The van der Waals surface area contributed by atoms with Gasteiger partial charge in [-0.05, 0) is 36.8 Å². The number of ether oxygens (including phenoxy) is 1. The number of aromatic nitrogens is 1. The Balaban J connectivity index is 1.60. The van der Waals surface area contributed by atoms with Gasteiger partial charge < -0.3 is 10.1 Å². The number of halogens is 1. The van der Waals surface area contributed by atoms with E-state index in [4.69, 9.17) is 16.3 Å². The third-order valence-electron chi connectivity index (χ3n) is 3.75. The Kier molecular flexibility index (Phi) is 5.40. The normalized spacial score (nSPS) is 10.8. The summed E-state index contributed by atoms with van der Waals surface area (Å²) in [6.07, 6.45) is 0.873. The molecule has 0 fully saturated rings. The van der Waals surface area contributed by atoms with E-state index in [1.807, 2.05) is 24.3 Å². The predicted molar refractivity (Wildman–Crippen MR) is 102 cm³/mol. The summed E-state index contributed by atoms with van der Waals surface area (Å²) in [7, 11) is 1.53. The number of aryl methyl sites for hydroxylation is 1. The Morgan fingerprint density at radius 2 is 2.08 bits per heavy atom. The maximum absolute atomic E-state index is 12.3. The van der Waals surface area contributed by atoms with Gasteiger partial charge in [0, 0.05) is 18.0 Å². The molecule has 1 amide bonds. The molecule has 5 nitrogen and oxygen atoms in total. The fourth-order valence-corrected chi connectivity index (χ4v) is 3.74. The van der Waals surface area contributed by atoms with Gasteiger partial charge in [-0.25, -0.2) is 0 Å². The predicted octanol–water partition coefficient (Wildman–Crippen LogP) is 4.14. The number of nitrogens with one attached hydrogen (secondary N) is 1. The molecule has 0 atom stereocenters. The van der Waals surface area contributed by atoms with Gasteiger partial charge in [0.2, 0.25) is 5.91 Å². The van der Waals surface area contributed by atoms with Gasteiger partial charge in [-0.15, -0.1) is 0 Å². The number of amides is 1. The summed E-state index contributed by atoms with van der Waals surface area (Å²) in [6, 6.07) is 12.6. The van der Waals surface area contributed by atoms with Gasteiger partial charge in [-0.1, -0.05) is 35.3 Å². The van der Waals surface area contributed by atoms with E-state index in [1.165, 1.54) is 18.6 Å². The number of hydrogen-bond donors (Lipinski definition) is 1. The summed E-state index contributed by atoms with van der Waals surface area (Å²) in [5, 5.41) is 4.04. The Labute approximate surface area is 153 Å². The maximum atomic E-state index is 12.3. The number of methoxy groups -OCH3 is 1. The fourth-order valence-electron chi connectivity index (χ4n) is 2.54. The number of carbonyl (C=O) groups is 1. The first kappa shape index (κ1) is 17.5. The average Bonchev–Trinajstić information content (AvgIpc) is 2.92. The van der Waals surface area contributed by atoms with Crippen molar-refractivity contribution in [2.24, 2.45) is 0 Å². The quantitative estimate of drug-likeness (QED) is 0.703. The van der Waals surface area contributed by atoms with E-state index in [9.17, 15) is 9.59 Å². The van der Waals surface area contributed by atoms with E-state index >= 15 is 0 Å². The van der Waals surface area contributed by atoms with Gasteiger partial charge >= 0.3 is 0 Å². The molecule has 1 heterocycles. The molecule has 0 aliphatic carbocycles. The van der Waals surface area contributed by atoms with E-state index in [0.29, 0.717) is 35.8 Å². The lowest BCUT2D eigenvalue weighted by Crippen LogP contribution is -2.16. The smallest absolute Gasteiger partial charge is 0.268 e. The topological polar surface area (TPSA) is 60.3 Å². The van der Waals surface area contributed by atoms with Gasteiger partial charge in [0.15, 0.2) is 0 Å². The zero-order valence-corrected chi connectivity index (χ0v) is 15.2. The zero-order valence-electron chi connectivity index (χ0n) is 13.6. The van der Waals surface area contributed by atoms with Crippen LogP contribution in [0.4, 0.5) is 5.69 Å². The lowest BCUT2D eigenvalue weighted by Gasteiger charge is -2.10. The van der Waals surface area contributed by atoms with Crippen LogP contribution in [0, 0.1) is 0 Å². The summed E-state index contributed by atoms with van der Waals surface area (Å²) < 4.78 is 7.86. The van der Waals surface area contributed by atoms with Gasteiger partial charge in [0.05, 0.1) is 22.9 Å². The molecule has 0 radical (unpaired) electrons. The molecule has 7 heteroatoms. The van der Waals surface area contributed by atoms with E-state index in [1.54, 1.807) is 22.2 Å². The van der Waals surface area contributed by atoms with Crippen LogP contribution in [0.2, 0.25) is 5.02 Å². The highest BCUT2D eigenvalue weighted by Gasteiger charge is 2.10.